The second-order valence-corrected chi connectivity index (χ2v) is 11.5. The van der Waals surface area contributed by atoms with Crippen LogP contribution < -0.4 is 10.3 Å². The molecule has 214 valence electrons. The Labute approximate surface area is 238 Å². The molecule has 0 unspecified atom stereocenters. The number of aryl methyl sites for hydroxylation is 2. The highest BCUT2D eigenvalue weighted by Crippen LogP contribution is 2.40. The molecular weight excluding hydrogens is 520 g/mol. The number of rotatable bonds is 4. The number of hydrogen-bond acceptors (Lipinski definition) is 7. The van der Waals surface area contributed by atoms with Gasteiger partial charge in [0.15, 0.2) is 0 Å². The van der Waals surface area contributed by atoms with Gasteiger partial charge in [-0.3, -0.25) is 4.79 Å². The number of benzene rings is 1. The molecule has 0 atom stereocenters. The van der Waals surface area contributed by atoms with Crippen LogP contribution in [0.3, 0.4) is 0 Å². The van der Waals surface area contributed by atoms with E-state index in [9.17, 15) is 14.7 Å². The van der Waals surface area contributed by atoms with Gasteiger partial charge in [0, 0.05) is 41.9 Å². The van der Waals surface area contributed by atoms with Gasteiger partial charge in [-0.25, -0.2) is 9.78 Å². The summed E-state index contributed by atoms with van der Waals surface area (Å²) in [7, 11) is 0. The molecule has 6 heterocycles. The number of pyridine rings is 2. The van der Waals surface area contributed by atoms with Gasteiger partial charge >= 0.3 is 6.09 Å². The number of furan rings is 1. The summed E-state index contributed by atoms with van der Waals surface area (Å²) in [5.74, 6) is 0.761. The molecule has 41 heavy (non-hydrogen) atoms. The van der Waals surface area contributed by atoms with Crippen LogP contribution in [-0.4, -0.2) is 62.8 Å². The van der Waals surface area contributed by atoms with E-state index in [0.717, 1.165) is 65.8 Å². The molecule has 3 aromatic heterocycles. The summed E-state index contributed by atoms with van der Waals surface area (Å²) in [6.07, 6.45) is 6.87. The fourth-order valence-electron chi connectivity index (χ4n) is 7.13. The first kappa shape index (κ1) is 26.1. The maximum absolute atomic E-state index is 13.4. The molecule has 0 aliphatic carbocycles. The van der Waals surface area contributed by atoms with Gasteiger partial charge in [0.25, 0.3) is 11.5 Å². The van der Waals surface area contributed by atoms with Crippen LogP contribution in [0.4, 0.5) is 4.79 Å². The molecule has 1 N–H and O–H groups in total. The number of carbonyl (C=O) groups excluding carboxylic acids is 1. The van der Waals surface area contributed by atoms with Crippen LogP contribution in [0.5, 0.6) is 11.7 Å². The number of hydrogen-bond donors (Lipinski definition) is 1. The summed E-state index contributed by atoms with van der Waals surface area (Å²) in [6.45, 7) is 8.18. The number of carbonyl (C=O) groups is 1. The lowest BCUT2D eigenvalue weighted by Gasteiger charge is -2.39. The van der Waals surface area contributed by atoms with Crippen molar-refractivity contribution in [2.75, 3.05) is 26.2 Å². The monoisotopic (exact) mass is 556 g/mol. The van der Waals surface area contributed by atoms with Gasteiger partial charge in [-0.05, 0) is 75.0 Å². The Hall–Kier alpha value is -3.85. The number of nitrogens with zero attached hydrogens (tertiary/aromatic N) is 4. The average Bonchev–Trinajstić information content (AvgIpc) is 3.54. The summed E-state index contributed by atoms with van der Waals surface area (Å²) in [6, 6.07) is 8.07. The van der Waals surface area contributed by atoms with Gasteiger partial charge < -0.3 is 28.6 Å². The third-order valence-electron chi connectivity index (χ3n) is 9.28. The van der Waals surface area contributed by atoms with E-state index in [0.29, 0.717) is 35.9 Å². The molecule has 9 heteroatoms. The Bertz CT molecular complexity index is 1720. The lowest BCUT2D eigenvalue weighted by molar-refractivity contribution is 0.0878. The van der Waals surface area contributed by atoms with Crippen LogP contribution in [0.1, 0.15) is 62.8 Å². The van der Waals surface area contributed by atoms with Crippen molar-refractivity contribution in [2.45, 2.75) is 71.4 Å². The molecule has 2 fully saturated rings. The van der Waals surface area contributed by atoms with Gasteiger partial charge in [-0.2, -0.15) is 0 Å². The summed E-state index contributed by atoms with van der Waals surface area (Å²) in [5.41, 5.74) is 4.08. The van der Waals surface area contributed by atoms with Crippen molar-refractivity contribution in [1.29, 1.82) is 0 Å². The minimum atomic E-state index is -0.330. The third kappa shape index (κ3) is 4.29. The van der Waals surface area contributed by atoms with Crippen LogP contribution in [0.15, 0.2) is 33.5 Å². The smallest absolute Gasteiger partial charge is 0.415 e. The zero-order valence-corrected chi connectivity index (χ0v) is 23.7. The second kappa shape index (κ2) is 10.2. The summed E-state index contributed by atoms with van der Waals surface area (Å²) < 4.78 is 13.0. The second-order valence-electron chi connectivity index (χ2n) is 11.5. The molecule has 4 aromatic rings. The summed E-state index contributed by atoms with van der Waals surface area (Å²) >= 11 is 0. The van der Waals surface area contributed by atoms with Crippen LogP contribution >= 0.6 is 0 Å². The Kier molecular flexibility index (Phi) is 6.49. The van der Waals surface area contributed by atoms with Gasteiger partial charge in [0.05, 0.1) is 23.4 Å². The van der Waals surface area contributed by atoms with Crippen molar-refractivity contribution in [3.63, 3.8) is 0 Å². The van der Waals surface area contributed by atoms with Crippen LogP contribution in [0, 0.1) is 0 Å². The zero-order chi connectivity index (χ0) is 28.2. The van der Waals surface area contributed by atoms with E-state index in [1.165, 1.54) is 32.4 Å². The number of amides is 1. The molecule has 0 saturated carbocycles. The van der Waals surface area contributed by atoms with Crippen LogP contribution in [0.25, 0.3) is 33.1 Å². The maximum atomic E-state index is 13.4. The van der Waals surface area contributed by atoms with Crippen molar-refractivity contribution >= 4 is 27.8 Å². The van der Waals surface area contributed by atoms with E-state index in [1.54, 1.807) is 10.6 Å². The van der Waals surface area contributed by atoms with E-state index >= 15 is 0 Å². The van der Waals surface area contributed by atoms with E-state index in [1.807, 2.05) is 30.0 Å². The molecule has 7 rings (SSSR count). The lowest BCUT2D eigenvalue weighted by Crippen LogP contribution is -2.48. The predicted molar refractivity (Wildman–Crippen MR) is 157 cm³/mol. The number of likely N-dealkylation sites (tertiary alicyclic amines) is 2. The normalized spacial score (nSPS) is 17.8. The van der Waals surface area contributed by atoms with Gasteiger partial charge in [0.1, 0.15) is 16.9 Å². The lowest BCUT2D eigenvalue weighted by atomic mass is 9.98. The predicted octanol–water partition coefficient (Wildman–Crippen LogP) is 5.45. The first-order valence-corrected chi connectivity index (χ1v) is 15.0. The van der Waals surface area contributed by atoms with E-state index in [4.69, 9.17) is 14.1 Å². The van der Waals surface area contributed by atoms with Crippen molar-refractivity contribution in [3.8, 4) is 23.1 Å². The largest absolute Gasteiger partial charge is 0.480 e. The third-order valence-corrected chi connectivity index (χ3v) is 9.28. The van der Waals surface area contributed by atoms with Crippen LogP contribution in [0.2, 0.25) is 0 Å². The highest BCUT2D eigenvalue weighted by molar-refractivity contribution is 5.94. The highest BCUT2D eigenvalue weighted by Gasteiger charge is 2.30. The molecule has 3 aliphatic heterocycles. The Balaban J connectivity index is 1.16. The van der Waals surface area contributed by atoms with E-state index < -0.39 is 0 Å². The van der Waals surface area contributed by atoms with Crippen molar-refractivity contribution in [3.05, 3.63) is 51.5 Å². The first-order valence-electron chi connectivity index (χ1n) is 15.0. The fourth-order valence-corrected chi connectivity index (χ4v) is 7.13. The molecule has 1 amide bonds. The van der Waals surface area contributed by atoms with E-state index in [-0.39, 0.29) is 23.0 Å². The molecule has 0 bridgehead atoms. The molecule has 2 saturated heterocycles. The number of piperidine rings is 2. The number of fused-ring (bicyclic) bond motifs is 5. The summed E-state index contributed by atoms with van der Waals surface area (Å²) in [4.78, 5) is 35.9. The molecule has 9 nitrogen and oxygen atoms in total. The number of aromatic hydroxyl groups is 1. The Morgan fingerprint density at radius 3 is 2.56 bits per heavy atom. The van der Waals surface area contributed by atoms with Crippen molar-refractivity contribution in [2.24, 2.45) is 0 Å². The van der Waals surface area contributed by atoms with Gasteiger partial charge in [0.2, 0.25) is 0 Å². The molecule has 0 radical (unpaired) electrons. The van der Waals surface area contributed by atoms with Crippen molar-refractivity contribution < 1.29 is 19.1 Å². The Morgan fingerprint density at radius 2 is 1.83 bits per heavy atom. The molecular formula is C32H36N4O5. The topological polar surface area (TPSA) is 101 Å². The number of ether oxygens (including phenoxy) is 1. The molecule has 3 aliphatic rings. The average molecular weight is 557 g/mol. The molecule has 0 spiro atoms. The Morgan fingerprint density at radius 1 is 1.05 bits per heavy atom. The first-order chi connectivity index (χ1) is 20.0. The number of aromatic nitrogens is 2. The van der Waals surface area contributed by atoms with Crippen LogP contribution in [-0.2, 0) is 19.4 Å². The standard InChI is InChI=1S/C32H36N4O5/c1-3-21-22-16-20(40-32(39)35-14-10-19(11-15-35)34-12-6-5-7-13-34)8-9-25(22)33-29-24(21)18-36-26(29)17-23-27(4-2)41-31(38)28(23)30(36)37/h8-9,16-17,19,38H,3-7,10-15,18H2,1-2H3. The SMILES string of the molecule is CCc1c2c(nc3ccc(OC(=O)N4CCC(N5CCCCC5)CC4)cc13)-c1cc3c(CC)oc(O)c3c(=O)n1C2. The highest BCUT2D eigenvalue weighted by atomic mass is 16.6. The minimum absolute atomic E-state index is 0.218. The van der Waals surface area contributed by atoms with Gasteiger partial charge in [-0.15, -0.1) is 0 Å². The molecule has 1 aromatic carbocycles. The fraction of sp³-hybridized carbons (Fsp3) is 0.469. The quantitative estimate of drug-likeness (QED) is 0.314. The zero-order valence-electron chi connectivity index (χ0n) is 23.7. The van der Waals surface area contributed by atoms with Crippen molar-refractivity contribution in [1.82, 2.24) is 19.4 Å². The van der Waals surface area contributed by atoms with E-state index in [2.05, 4.69) is 11.8 Å². The van der Waals surface area contributed by atoms with Gasteiger partial charge in [-0.1, -0.05) is 20.3 Å². The minimum Gasteiger partial charge on any atom is -0.480 e. The summed E-state index contributed by atoms with van der Waals surface area (Å²) in [5, 5.41) is 12.1. The maximum Gasteiger partial charge on any atom is 0.415 e.